The standard InChI is InChI=1S/C24H24N2O4/c1-3-29-22-11-7-19(8-12-22)23(27)26(17-18-13-15-25-16-14-18)21-9-5-20(6-10-21)24(28)30-4-2/h5-16H,3-4,17H2,1-2H3. The minimum absolute atomic E-state index is 0.154. The fourth-order valence-electron chi connectivity index (χ4n) is 2.96. The smallest absolute Gasteiger partial charge is 0.338 e. The van der Waals surface area contributed by atoms with Crippen molar-refractivity contribution in [3.8, 4) is 5.75 Å². The van der Waals surface area contributed by atoms with E-state index < -0.39 is 0 Å². The molecule has 0 radical (unpaired) electrons. The molecule has 1 aromatic heterocycles. The molecule has 3 aromatic rings. The van der Waals surface area contributed by atoms with Gasteiger partial charge in [0.25, 0.3) is 5.91 Å². The Morgan fingerprint density at radius 3 is 2.07 bits per heavy atom. The fraction of sp³-hybridized carbons (Fsp3) is 0.208. The van der Waals surface area contributed by atoms with E-state index in [0.717, 1.165) is 5.56 Å². The number of carbonyl (C=O) groups is 2. The second-order valence-electron chi connectivity index (χ2n) is 6.47. The highest BCUT2D eigenvalue weighted by molar-refractivity contribution is 6.06. The molecule has 0 aliphatic rings. The number of pyridine rings is 1. The van der Waals surface area contributed by atoms with Crippen LogP contribution in [0.25, 0.3) is 0 Å². The second kappa shape index (κ2) is 10.2. The number of esters is 1. The molecule has 6 nitrogen and oxygen atoms in total. The van der Waals surface area contributed by atoms with E-state index in [1.807, 2.05) is 19.1 Å². The number of carbonyl (C=O) groups excluding carboxylic acids is 2. The lowest BCUT2D eigenvalue weighted by atomic mass is 10.1. The van der Waals surface area contributed by atoms with Crippen LogP contribution in [0.3, 0.4) is 0 Å². The van der Waals surface area contributed by atoms with Crippen molar-refractivity contribution in [1.82, 2.24) is 4.98 Å². The van der Waals surface area contributed by atoms with Gasteiger partial charge in [-0.2, -0.15) is 0 Å². The summed E-state index contributed by atoms with van der Waals surface area (Å²) in [5.41, 5.74) is 2.61. The van der Waals surface area contributed by atoms with Gasteiger partial charge in [-0.25, -0.2) is 4.79 Å². The summed E-state index contributed by atoms with van der Waals surface area (Å²) in [6.07, 6.45) is 3.39. The van der Waals surface area contributed by atoms with Crippen molar-refractivity contribution >= 4 is 17.6 Å². The maximum Gasteiger partial charge on any atom is 0.338 e. The van der Waals surface area contributed by atoms with Gasteiger partial charge < -0.3 is 14.4 Å². The summed E-state index contributed by atoms with van der Waals surface area (Å²) in [6.45, 7) is 4.92. The van der Waals surface area contributed by atoms with Gasteiger partial charge in [-0.1, -0.05) is 0 Å². The van der Waals surface area contributed by atoms with E-state index in [1.165, 1.54) is 0 Å². The molecule has 0 atom stereocenters. The first kappa shape index (κ1) is 21.0. The van der Waals surface area contributed by atoms with Crippen LogP contribution in [0.1, 0.15) is 40.1 Å². The lowest BCUT2D eigenvalue weighted by molar-refractivity contribution is 0.0526. The first-order chi connectivity index (χ1) is 14.6. The van der Waals surface area contributed by atoms with Crippen molar-refractivity contribution in [3.63, 3.8) is 0 Å². The lowest BCUT2D eigenvalue weighted by Gasteiger charge is -2.23. The Bertz CT molecular complexity index is 970. The van der Waals surface area contributed by atoms with E-state index in [1.54, 1.807) is 72.7 Å². The molecule has 3 rings (SSSR count). The number of aromatic nitrogens is 1. The van der Waals surface area contributed by atoms with Gasteiger partial charge >= 0.3 is 5.97 Å². The monoisotopic (exact) mass is 404 g/mol. The zero-order valence-electron chi connectivity index (χ0n) is 17.1. The molecule has 0 N–H and O–H groups in total. The maximum atomic E-state index is 13.3. The summed E-state index contributed by atoms with van der Waals surface area (Å²) in [7, 11) is 0. The lowest BCUT2D eigenvalue weighted by Crippen LogP contribution is -2.30. The molecule has 0 saturated carbocycles. The molecule has 30 heavy (non-hydrogen) atoms. The molecule has 0 fully saturated rings. The summed E-state index contributed by atoms with van der Waals surface area (Å²) in [5, 5.41) is 0. The van der Waals surface area contributed by atoms with E-state index in [0.29, 0.717) is 42.3 Å². The largest absolute Gasteiger partial charge is 0.494 e. The number of hydrogen-bond acceptors (Lipinski definition) is 5. The van der Waals surface area contributed by atoms with Crippen molar-refractivity contribution < 1.29 is 19.1 Å². The third-order valence-corrected chi connectivity index (χ3v) is 4.44. The Kier molecular flexibility index (Phi) is 7.16. The Hall–Kier alpha value is -3.67. The summed E-state index contributed by atoms with van der Waals surface area (Å²) < 4.78 is 10.5. The first-order valence-corrected chi connectivity index (χ1v) is 9.83. The predicted molar refractivity (Wildman–Crippen MR) is 115 cm³/mol. The van der Waals surface area contributed by atoms with Crippen LogP contribution in [0.4, 0.5) is 5.69 Å². The van der Waals surface area contributed by atoms with Crippen LogP contribution in [0.5, 0.6) is 5.75 Å². The maximum absolute atomic E-state index is 13.3. The fourth-order valence-corrected chi connectivity index (χ4v) is 2.96. The number of hydrogen-bond donors (Lipinski definition) is 0. The molecular formula is C24H24N2O4. The van der Waals surface area contributed by atoms with Gasteiger partial charge in [0.1, 0.15) is 5.75 Å². The van der Waals surface area contributed by atoms with E-state index >= 15 is 0 Å². The quantitative estimate of drug-likeness (QED) is 0.517. The van der Waals surface area contributed by atoms with Crippen molar-refractivity contribution in [2.24, 2.45) is 0 Å². The van der Waals surface area contributed by atoms with Crippen LogP contribution in [0.2, 0.25) is 0 Å². The normalized spacial score (nSPS) is 10.3. The van der Waals surface area contributed by atoms with Crippen molar-refractivity contribution in [3.05, 3.63) is 89.7 Å². The van der Waals surface area contributed by atoms with Crippen LogP contribution >= 0.6 is 0 Å². The van der Waals surface area contributed by atoms with Gasteiger partial charge in [0.15, 0.2) is 0 Å². The third-order valence-electron chi connectivity index (χ3n) is 4.44. The minimum Gasteiger partial charge on any atom is -0.494 e. The second-order valence-corrected chi connectivity index (χ2v) is 6.47. The highest BCUT2D eigenvalue weighted by atomic mass is 16.5. The highest BCUT2D eigenvalue weighted by Gasteiger charge is 2.19. The molecule has 6 heteroatoms. The van der Waals surface area contributed by atoms with E-state index in [2.05, 4.69) is 4.98 Å². The number of ether oxygens (including phenoxy) is 2. The summed E-state index contributed by atoms with van der Waals surface area (Å²) >= 11 is 0. The predicted octanol–water partition coefficient (Wildman–Crippen LogP) is 4.50. The Morgan fingerprint density at radius 2 is 1.47 bits per heavy atom. The molecule has 0 unspecified atom stereocenters. The van der Waals surface area contributed by atoms with Gasteiger partial charge in [0.05, 0.1) is 25.3 Å². The average molecular weight is 404 g/mol. The number of amides is 1. The van der Waals surface area contributed by atoms with Gasteiger partial charge in [0, 0.05) is 23.6 Å². The van der Waals surface area contributed by atoms with E-state index in [4.69, 9.17) is 9.47 Å². The summed E-state index contributed by atoms with van der Waals surface area (Å²) in [5.74, 6) is 0.176. The van der Waals surface area contributed by atoms with Crippen LogP contribution in [-0.4, -0.2) is 30.1 Å². The molecule has 0 bridgehead atoms. The van der Waals surface area contributed by atoms with Crippen LogP contribution in [0.15, 0.2) is 73.1 Å². The van der Waals surface area contributed by atoms with Crippen LogP contribution < -0.4 is 9.64 Å². The number of rotatable bonds is 8. The van der Waals surface area contributed by atoms with Gasteiger partial charge in [-0.05, 0) is 80.1 Å². The molecule has 2 aromatic carbocycles. The van der Waals surface area contributed by atoms with Crippen molar-refractivity contribution in [2.45, 2.75) is 20.4 Å². The molecule has 0 aliphatic carbocycles. The topological polar surface area (TPSA) is 68.7 Å². The Morgan fingerprint density at radius 1 is 0.833 bits per heavy atom. The molecule has 0 saturated heterocycles. The van der Waals surface area contributed by atoms with Crippen LogP contribution in [-0.2, 0) is 11.3 Å². The number of benzene rings is 2. The Balaban J connectivity index is 1.90. The summed E-state index contributed by atoms with van der Waals surface area (Å²) in [4.78, 5) is 31.0. The van der Waals surface area contributed by atoms with Crippen LogP contribution in [0, 0.1) is 0 Å². The zero-order valence-corrected chi connectivity index (χ0v) is 17.1. The van der Waals surface area contributed by atoms with Crippen molar-refractivity contribution in [1.29, 1.82) is 0 Å². The first-order valence-electron chi connectivity index (χ1n) is 9.83. The van der Waals surface area contributed by atoms with Crippen molar-refractivity contribution in [2.75, 3.05) is 18.1 Å². The molecule has 1 heterocycles. The van der Waals surface area contributed by atoms with E-state index in [-0.39, 0.29) is 11.9 Å². The third kappa shape index (κ3) is 5.23. The minimum atomic E-state index is -0.387. The average Bonchev–Trinajstić information content (AvgIpc) is 2.79. The Labute approximate surface area is 176 Å². The zero-order chi connectivity index (χ0) is 21.3. The van der Waals surface area contributed by atoms with Gasteiger partial charge in [0.2, 0.25) is 0 Å². The number of anilines is 1. The molecule has 154 valence electrons. The summed E-state index contributed by atoms with van der Waals surface area (Å²) in [6, 6.07) is 17.6. The molecule has 1 amide bonds. The SMILES string of the molecule is CCOC(=O)c1ccc(N(Cc2ccncc2)C(=O)c2ccc(OCC)cc2)cc1. The highest BCUT2D eigenvalue weighted by Crippen LogP contribution is 2.22. The van der Waals surface area contributed by atoms with Gasteiger partial charge in [-0.15, -0.1) is 0 Å². The van der Waals surface area contributed by atoms with E-state index in [9.17, 15) is 9.59 Å². The number of nitrogens with zero attached hydrogens (tertiary/aromatic N) is 2. The molecule has 0 aliphatic heterocycles. The van der Waals surface area contributed by atoms with Gasteiger partial charge in [-0.3, -0.25) is 9.78 Å². The molecule has 0 spiro atoms. The molecular weight excluding hydrogens is 380 g/mol.